The van der Waals surface area contributed by atoms with Gasteiger partial charge in [-0.1, -0.05) is 0 Å². The van der Waals surface area contributed by atoms with Gasteiger partial charge in [0.25, 0.3) is 6.01 Å². The Bertz CT molecular complexity index is 508. The third kappa shape index (κ3) is 2.18. The van der Waals surface area contributed by atoms with Crippen molar-refractivity contribution >= 4 is 6.01 Å². The van der Waals surface area contributed by atoms with Gasteiger partial charge in [-0.05, 0) is 12.1 Å². The maximum absolute atomic E-state index is 5.30. The Hall–Kier alpha value is -2.17. The minimum Gasteiger partial charge on any atom is -0.497 e. The molecule has 0 aliphatic heterocycles. The fourth-order valence-electron chi connectivity index (χ4n) is 1.52. The zero-order valence-electron chi connectivity index (χ0n) is 9.98. The Morgan fingerprint density at radius 3 is 2.65 bits per heavy atom. The van der Waals surface area contributed by atoms with Gasteiger partial charge in [0.1, 0.15) is 23.5 Å². The lowest BCUT2D eigenvalue weighted by molar-refractivity contribution is 0.395. The van der Waals surface area contributed by atoms with E-state index >= 15 is 0 Å². The summed E-state index contributed by atoms with van der Waals surface area (Å²) in [7, 11) is 4.97. The van der Waals surface area contributed by atoms with Gasteiger partial charge >= 0.3 is 0 Å². The van der Waals surface area contributed by atoms with Crippen LogP contribution in [0.3, 0.4) is 0 Å². The highest BCUT2D eigenvalue weighted by molar-refractivity contribution is 5.68. The molecule has 0 amide bonds. The first-order valence-corrected chi connectivity index (χ1v) is 5.14. The highest BCUT2D eigenvalue weighted by Gasteiger charge is 2.11. The van der Waals surface area contributed by atoms with Crippen LogP contribution in [0.4, 0.5) is 6.01 Å². The third-order valence-corrected chi connectivity index (χ3v) is 2.40. The second-order valence-electron chi connectivity index (χ2n) is 3.35. The van der Waals surface area contributed by atoms with E-state index in [0.717, 1.165) is 11.3 Å². The van der Waals surface area contributed by atoms with Gasteiger partial charge < -0.3 is 19.2 Å². The second-order valence-corrected chi connectivity index (χ2v) is 3.35. The fourth-order valence-corrected chi connectivity index (χ4v) is 1.52. The Labute approximate surface area is 99.4 Å². The standard InChI is InChI=1S/C12H14N2O3/c1-13-12-14-10(7-17-12)9-5-4-8(15-2)6-11(9)16-3/h4-7H,1-3H3,(H,13,14). The molecule has 0 saturated carbocycles. The van der Waals surface area contributed by atoms with Crippen molar-refractivity contribution in [2.75, 3.05) is 26.6 Å². The van der Waals surface area contributed by atoms with Gasteiger partial charge in [0, 0.05) is 18.7 Å². The molecule has 1 heterocycles. The average Bonchev–Trinajstić information content (AvgIpc) is 2.86. The van der Waals surface area contributed by atoms with Crippen molar-refractivity contribution in [1.82, 2.24) is 4.98 Å². The number of benzene rings is 1. The van der Waals surface area contributed by atoms with Crippen molar-refractivity contribution in [2.24, 2.45) is 0 Å². The van der Waals surface area contributed by atoms with Gasteiger partial charge in [0.2, 0.25) is 0 Å². The van der Waals surface area contributed by atoms with E-state index in [0.29, 0.717) is 17.5 Å². The van der Waals surface area contributed by atoms with Crippen LogP contribution in [-0.4, -0.2) is 26.3 Å². The maximum Gasteiger partial charge on any atom is 0.294 e. The second kappa shape index (κ2) is 4.78. The molecule has 17 heavy (non-hydrogen) atoms. The Balaban J connectivity index is 2.43. The normalized spacial score (nSPS) is 10.1. The van der Waals surface area contributed by atoms with Crippen LogP contribution in [0, 0.1) is 0 Å². The lowest BCUT2D eigenvalue weighted by Crippen LogP contribution is -1.91. The molecular weight excluding hydrogens is 220 g/mol. The van der Waals surface area contributed by atoms with E-state index in [9.17, 15) is 0 Å². The third-order valence-electron chi connectivity index (χ3n) is 2.40. The molecule has 0 radical (unpaired) electrons. The van der Waals surface area contributed by atoms with Gasteiger partial charge in [-0.2, -0.15) is 4.98 Å². The van der Waals surface area contributed by atoms with E-state index in [2.05, 4.69) is 10.3 Å². The summed E-state index contributed by atoms with van der Waals surface area (Å²) in [6, 6.07) is 6.02. The van der Waals surface area contributed by atoms with Gasteiger partial charge in [-0.15, -0.1) is 0 Å². The fraction of sp³-hybridized carbons (Fsp3) is 0.250. The Morgan fingerprint density at radius 1 is 1.24 bits per heavy atom. The van der Waals surface area contributed by atoms with E-state index in [1.165, 1.54) is 0 Å². The molecule has 0 fully saturated rings. The first kappa shape index (κ1) is 11.3. The van der Waals surface area contributed by atoms with E-state index < -0.39 is 0 Å². The van der Waals surface area contributed by atoms with Gasteiger partial charge in [-0.25, -0.2) is 0 Å². The number of nitrogens with one attached hydrogen (secondary N) is 1. The Kier molecular flexibility index (Phi) is 3.18. The molecule has 0 spiro atoms. The lowest BCUT2D eigenvalue weighted by Gasteiger charge is -2.07. The highest BCUT2D eigenvalue weighted by atomic mass is 16.5. The zero-order chi connectivity index (χ0) is 12.3. The number of anilines is 1. The first-order valence-electron chi connectivity index (χ1n) is 5.14. The van der Waals surface area contributed by atoms with Crippen LogP contribution >= 0.6 is 0 Å². The minimum atomic E-state index is 0.470. The summed E-state index contributed by atoms with van der Waals surface area (Å²) in [4.78, 5) is 4.26. The average molecular weight is 234 g/mol. The number of rotatable bonds is 4. The topological polar surface area (TPSA) is 56.5 Å². The number of ether oxygens (including phenoxy) is 2. The first-order chi connectivity index (χ1) is 8.28. The molecule has 1 aromatic carbocycles. The SMILES string of the molecule is CNc1nc(-c2ccc(OC)cc2OC)co1. The van der Waals surface area contributed by atoms with Crippen molar-refractivity contribution < 1.29 is 13.9 Å². The number of oxazole rings is 1. The Morgan fingerprint density at radius 2 is 2.06 bits per heavy atom. The van der Waals surface area contributed by atoms with Gasteiger partial charge in [0.05, 0.1) is 14.2 Å². The lowest BCUT2D eigenvalue weighted by atomic mass is 10.1. The van der Waals surface area contributed by atoms with Crippen LogP contribution in [0.1, 0.15) is 0 Å². The predicted octanol–water partition coefficient (Wildman–Crippen LogP) is 2.40. The molecule has 0 unspecified atom stereocenters. The molecular formula is C12H14N2O3. The van der Waals surface area contributed by atoms with Crippen LogP contribution in [0.2, 0.25) is 0 Å². The molecule has 90 valence electrons. The molecule has 1 aromatic heterocycles. The van der Waals surface area contributed by atoms with Crippen molar-refractivity contribution in [3.05, 3.63) is 24.5 Å². The number of aromatic nitrogens is 1. The summed E-state index contributed by atoms with van der Waals surface area (Å²) in [6.45, 7) is 0. The molecule has 0 aliphatic rings. The molecule has 0 saturated heterocycles. The molecule has 5 nitrogen and oxygen atoms in total. The molecule has 2 aromatic rings. The molecule has 5 heteroatoms. The van der Waals surface area contributed by atoms with Gasteiger partial charge in [0.15, 0.2) is 0 Å². The zero-order valence-corrected chi connectivity index (χ0v) is 9.98. The maximum atomic E-state index is 5.30. The highest BCUT2D eigenvalue weighted by Crippen LogP contribution is 2.33. The van der Waals surface area contributed by atoms with Crippen molar-refractivity contribution in [3.8, 4) is 22.8 Å². The number of methoxy groups -OCH3 is 2. The van der Waals surface area contributed by atoms with Crippen LogP contribution in [0.25, 0.3) is 11.3 Å². The molecule has 0 aliphatic carbocycles. The number of hydrogen-bond donors (Lipinski definition) is 1. The molecule has 2 rings (SSSR count). The van der Waals surface area contributed by atoms with E-state index in [4.69, 9.17) is 13.9 Å². The summed E-state index contributed by atoms with van der Waals surface area (Å²) >= 11 is 0. The summed E-state index contributed by atoms with van der Waals surface area (Å²) in [6.07, 6.45) is 1.58. The van der Waals surface area contributed by atoms with Crippen LogP contribution in [0.15, 0.2) is 28.9 Å². The van der Waals surface area contributed by atoms with Crippen molar-refractivity contribution in [1.29, 1.82) is 0 Å². The summed E-state index contributed by atoms with van der Waals surface area (Å²) in [5, 5.41) is 2.83. The van der Waals surface area contributed by atoms with Gasteiger partial charge in [-0.3, -0.25) is 0 Å². The number of hydrogen-bond acceptors (Lipinski definition) is 5. The minimum absolute atomic E-state index is 0.470. The smallest absolute Gasteiger partial charge is 0.294 e. The molecule has 0 atom stereocenters. The number of nitrogens with zero attached hydrogens (tertiary/aromatic N) is 1. The van der Waals surface area contributed by atoms with Crippen LogP contribution in [0.5, 0.6) is 11.5 Å². The molecule has 0 bridgehead atoms. The largest absolute Gasteiger partial charge is 0.497 e. The summed E-state index contributed by atoms with van der Waals surface area (Å²) in [5.74, 6) is 1.43. The van der Waals surface area contributed by atoms with Crippen LogP contribution in [-0.2, 0) is 0 Å². The summed E-state index contributed by atoms with van der Waals surface area (Å²) < 4.78 is 15.7. The quantitative estimate of drug-likeness (QED) is 0.880. The summed E-state index contributed by atoms with van der Waals surface area (Å²) in [5.41, 5.74) is 1.58. The van der Waals surface area contributed by atoms with Crippen LogP contribution < -0.4 is 14.8 Å². The predicted molar refractivity (Wildman–Crippen MR) is 64.6 cm³/mol. The van der Waals surface area contributed by atoms with Crippen molar-refractivity contribution in [3.63, 3.8) is 0 Å². The van der Waals surface area contributed by atoms with E-state index in [1.807, 2.05) is 18.2 Å². The molecule has 1 N–H and O–H groups in total. The van der Waals surface area contributed by atoms with E-state index in [1.54, 1.807) is 27.5 Å². The monoisotopic (exact) mass is 234 g/mol. The van der Waals surface area contributed by atoms with Crippen molar-refractivity contribution in [2.45, 2.75) is 0 Å². The van der Waals surface area contributed by atoms with E-state index in [-0.39, 0.29) is 0 Å².